The highest BCUT2D eigenvalue weighted by atomic mass is 16.5. The monoisotopic (exact) mass is 339 g/mol. The van der Waals surface area contributed by atoms with Crippen LogP contribution in [0.2, 0.25) is 0 Å². The summed E-state index contributed by atoms with van der Waals surface area (Å²) in [5.74, 6) is 0.736. The Hall–Kier alpha value is -3.02. The molecular weight excluding hydrogens is 318 g/mol. The molecule has 1 aliphatic rings. The van der Waals surface area contributed by atoms with Crippen LogP contribution >= 0.6 is 0 Å². The van der Waals surface area contributed by atoms with Gasteiger partial charge in [-0.25, -0.2) is 4.79 Å². The van der Waals surface area contributed by atoms with E-state index in [1.807, 2.05) is 31.2 Å². The number of benzene rings is 2. The number of hydrogen-bond donors (Lipinski definition) is 2. The standard InChI is InChI=1S/C19H21N3O3/c1-13-3-7-16(8-4-13)22-12-15(11-18(22)23)21-19(24)20-14-5-9-17(25-2)10-6-14/h3-10,15H,11-12H2,1-2H3,(H2,20,21,24)/t15-/m1/s1. The van der Waals surface area contributed by atoms with Crippen molar-refractivity contribution in [2.45, 2.75) is 19.4 Å². The number of methoxy groups -OCH3 is 1. The van der Waals surface area contributed by atoms with Gasteiger partial charge in [0.2, 0.25) is 5.91 Å². The molecule has 0 aromatic heterocycles. The number of carbonyl (C=O) groups excluding carboxylic acids is 2. The predicted octanol–water partition coefficient (Wildman–Crippen LogP) is 2.93. The van der Waals surface area contributed by atoms with Crippen LogP contribution in [0.5, 0.6) is 5.75 Å². The van der Waals surface area contributed by atoms with E-state index in [-0.39, 0.29) is 18.0 Å². The lowest BCUT2D eigenvalue weighted by molar-refractivity contribution is -0.117. The highest BCUT2D eigenvalue weighted by molar-refractivity contribution is 5.97. The Labute approximate surface area is 146 Å². The van der Waals surface area contributed by atoms with Crippen LogP contribution in [0.25, 0.3) is 0 Å². The van der Waals surface area contributed by atoms with Crippen LogP contribution in [0.1, 0.15) is 12.0 Å². The van der Waals surface area contributed by atoms with Gasteiger partial charge in [-0.3, -0.25) is 4.79 Å². The van der Waals surface area contributed by atoms with E-state index in [0.29, 0.717) is 18.7 Å². The minimum absolute atomic E-state index is 0.0126. The minimum atomic E-state index is -0.325. The maximum atomic E-state index is 12.2. The summed E-state index contributed by atoms with van der Waals surface area (Å²) in [6.07, 6.45) is 0.296. The molecule has 6 heteroatoms. The third kappa shape index (κ3) is 4.09. The van der Waals surface area contributed by atoms with Gasteiger partial charge >= 0.3 is 6.03 Å². The van der Waals surface area contributed by atoms with Crippen molar-refractivity contribution in [3.05, 3.63) is 54.1 Å². The normalized spacial score (nSPS) is 16.6. The van der Waals surface area contributed by atoms with E-state index < -0.39 is 0 Å². The van der Waals surface area contributed by atoms with Crippen LogP contribution in [0.15, 0.2) is 48.5 Å². The number of anilines is 2. The van der Waals surface area contributed by atoms with Gasteiger partial charge in [0, 0.05) is 24.3 Å². The molecule has 0 radical (unpaired) electrons. The second-order valence-corrected chi connectivity index (χ2v) is 6.07. The molecule has 0 aliphatic carbocycles. The van der Waals surface area contributed by atoms with Gasteiger partial charge in [0.1, 0.15) is 5.75 Å². The Morgan fingerprint density at radius 2 is 1.80 bits per heavy atom. The van der Waals surface area contributed by atoms with Crippen LogP contribution < -0.4 is 20.3 Å². The zero-order chi connectivity index (χ0) is 17.8. The van der Waals surface area contributed by atoms with E-state index in [9.17, 15) is 9.59 Å². The number of carbonyl (C=O) groups is 2. The second kappa shape index (κ2) is 7.25. The SMILES string of the molecule is COc1ccc(NC(=O)N[C@@H]2CC(=O)N(c3ccc(C)cc3)C2)cc1. The Kier molecular flexibility index (Phi) is 4.88. The lowest BCUT2D eigenvalue weighted by atomic mass is 10.2. The second-order valence-electron chi connectivity index (χ2n) is 6.07. The van der Waals surface area contributed by atoms with Crippen molar-refractivity contribution in [1.29, 1.82) is 0 Å². The molecule has 2 N–H and O–H groups in total. The van der Waals surface area contributed by atoms with Gasteiger partial charge in [-0.05, 0) is 43.3 Å². The Balaban J connectivity index is 1.57. The molecule has 0 bridgehead atoms. The minimum Gasteiger partial charge on any atom is -0.497 e. The van der Waals surface area contributed by atoms with E-state index >= 15 is 0 Å². The Bertz CT molecular complexity index is 756. The Morgan fingerprint density at radius 3 is 2.44 bits per heavy atom. The van der Waals surface area contributed by atoms with Gasteiger partial charge in [-0.15, -0.1) is 0 Å². The number of aryl methyl sites for hydroxylation is 1. The molecule has 1 atom stereocenters. The van der Waals surface area contributed by atoms with Gasteiger partial charge in [0.25, 0.3) is 0 Å². The molecule has 130 valence electrons. The molecule has 0 saturated carbocycles. The molecule has 3 amide bonds. The summed E-state index contributed by atoms with van der Waals surface area (Å²) in [6.45, 7) is 2.47. The number of hydrogen-bond acceptors (Lipinski definition) is 3. The maximum absolute atomic E-state index is 12.2. The third-order valence-electron chi connectivity index (χ3n) is 4.15. The Morgan fingerprint density at radius 1 is 1.12 bits per heavy atom. The average Bonchev–Trinajstić information content (AvgIpc) is 2.96. The molecule has 6 nitrogen and oxygen atoms in total. The van der Waals surface area contributed by atoms with Crippen LogP contribution in [0.3, 0.4) is 0 Å². The van der Waals surface area contributed by atoms with E-state index in [0.717, 1.165) is 17.0 Å². The van der Waals surface area contributed by atoms with Crippen LogP contribution in [0, 0.1) is 6.92 Å². The van der Waals surface area contributed by atoms with Crippen molar-refractivity contribution in [2.75, 3.05) is 23.9 Å². The van der Waals surface area contributed by atoms with E-state index in [2.05, 4.69) is 10.6 Å². The average molecular weight is 339 g/mol. The fourth-order valence-corrected chi connectivity index (χ4v) is 2.81. The van der Waals surface area contributed by atoms with Gasteiger partial charge in [0.15, 0.2) is 0 Å². The molecule has 2 aromatic rings. The third-order valence-corrected chi connectivity index (χ3v) is 4.15. The summed E-state index contributed by atoms with van der Waals surface area (Å²) >= 11 is 0. The van der Waals surface area contributed by atoms with Crippen molar-refractivity contribution in [2.24, 2.45) is 0 Å². The zero-order valence-corrected chi connectivity index (χ0v) is 14.3. The van der Waals surface area contributed by atoms with E-state index in [4.69, 9.17) is 4.74 Å². The van der Waals surface area contributed by atoms with Gasteiger partial charge < -0.3 is 20.3 Å². The van der Waals surface area contributed by atoms with Crippen molar-refractivity contribution in [3.63, 3.8) is 0 Å². The van der Waals surface area contributed by atoms with Gasteiger partial charge in [-0.1, -0.05) is 17.7 Å². The summed E-state index contributed by atoms with van der Waals surface area (Å²) in [6, 6.07) is 14.3. The number of nitrogens with one attached hydrogen (secondary N) is 2. The smallest absolute Gasteiger partial charge is 0.319 e. The maximum Gasteiger partial charge on any atom is 0.319 e. The topological polar surface area (TPSA) is 70.7 Å². The summed E-state index contributed by atoms with van der Waals surface area (Å²) in [7, 11) is 1.59. The van der Waals surface area contributed by atoms with Gasteiger partial charge in [-0.2, -0.15) is 0 Å². The first-order valence-corrected chi connectivity index (χ1v) is 8.14. The quantitative estimate of drug-likeness (QED) is 0.900. The molecule has 0 unspecified atom stereocenters. The molecule has 1 saturated heterocycles. The fourth-order valence-electron chi connectivity index (χ4n) is 2.81. The molecule has 25 heavy (non-hydrogen) atoms. The molecule has 0 spiro atoms. The van der Waals surface area contributed by atoms with Crippen LogP contribution in [0.4, 0.5) is 16.2 Å². The largest absolute Gasteiger partial charge is 0.497 e. The first kappa shape index (κ1) is 16.8. The number of ether oxygens (including phenoxy) is 1. The number of amides is 3. The number of rotatable bonds is 4. The summed E-state index contributed by atoms with van der Waals surface area (Å²) < 4.78 is 5.08. The molecule has 1 fully saturated rings. The molecule has 1 heterocycles. The van der Waals surface area contributed by atoms with Crippen LogP contribution in [-0.4, -0.2) is 31.6 Å². The molecule has 2 aromatic carbocycles. The summed E-state index contributed by atoms with van der Waals surface area (Å²) in [5, 5.41) is 5.62. The number of nitrogens with zero attached hydrogens (tertiary/aromatic N) is 1. The van der Waals surface area contributed by atoms with Crippen LogP contribution in [-0.2, 0) is 4.79 Å². The first-order valence-electron chi connectivity index (χ1n) is 8.14. The molecule has 1 aliphatic heterocycles. The van der Waals surface area contributed by atoms with Crippen molar-refractivity contribution in [1.82, 2.24) is 5.32 Å². The summed E-state index contributed by atoms with van der Waals surface area (Å²) in [4.78, 5) is 26.1. The zero-order valence-electron chi connectivity index (χ0n) is 14.3. The van der Waals surface area contributed by atoms with Crippen molar-refractivity contribution in [3.8, 4) is 5.75 Å². The summed E-state index contributed by atoms with van der Waals surface area (Å²) in [5.41, 5.74) is 2.66. The van der Waals surface area contributed by atoms with Gasteiger partial charge in [0.05, 0.1) is 13.2 Å². The molecular formula is C19H21N3O3. The first-order chi connectivity index (χ1) is 12.0. The van der Waals surface area contributed by atoms with E-state index in [1.165, 1.54) is 0 Å². The molecule has 3 rings (SSSR count). The van der Waals surface area contributed by atoms with Crippen molar-refractivity contribution < 1.29 is 14.3 Å². The fraction of sp³-hybridized carbons (Fsp3) is 0.263. The van der Waals surface area contributed by atoms with E-state index in [1.54, 1.807) is 36.3 Å². The number of urea groups is 1. The lowest BCUT2D eigenvalue weighted by Crippen LogP contribution is -2.39. The highest BCUT2D eigenvalue weighted by Gasteiger charge is 2.31. The lowest BCUT2D eigenvalue weighted by Gasteiger charge is -2.17. The highest BCUT2D eigenvalue weighted by Crippen LogP contribution is 2.22. The van der Waals surface area contributed by atoms with Crippen molar-refractivity contribution >= 4 is 23.3 Å². The predicted molar refractivity (Wildman–Crippen MR) is 97.1 cm³/mol.